The van der Waals surface area contributed by atoms with Crippen LogP contribution in [0.25, 0.3) is 11.1 Å². The van der Waals surface area contributed by atoms with Gasteiger partial charge in [-0.2, -0.15) is 0 Å². The molecule has 1 saturated carbocycles. The summed E-state index contributed by atoms with van der Waals surface area (Å²) in [5, 5.41) is 3.96. The van der Waals surface area contributed by atoms with Crippen molar-refractivity contribution in [1.29, 1.82) is 0 Å². The summed E-state index contributed by atoms with van der Waals surface area (Å²) in [6.45, 7) is 0.910. The van der Waals surface area contributed by atoms with Crippen LogP contribution in [0.1, 0.15) is 56.6 Å². The van der Waals surface area contributed by atoms with Gasteiger partial charge in [0.1, 0.15) is 0 Å². The van der Waals surface area contributed by atoms with E-state index in [0.717, 1.165) is 12.5 Å². The van der Waals surface area contributed by atoms with Crippen molar-refractivity contribution in [3.05, 3.63) is 54.1 Å². The molecule has 136 valence electrons. The maximum atomic E-state index is 6.38. The third-order valence-corrected chi connectivity index (χ3v) is 6.77. The fourth-order valence-corrected chi connectivity index (χ4v) is 5.48. The first kappa shape index (κ1) is 16.4. The van der Waals surface area contributed by atoms with Crippen LogP contribution in [0.15, 0.2) is 48.5 Å². The van der Waals surface area contributed by atoms with Crippen molar-refractivity contribution in [1.82, 2.24) is 0 Å². The standard InChI is InChI=1S/C24H29NO/c1-3-8-17(9-4-1)19-13-14-22-21(16-19)24-20(12-7-15-26-24)23(25-22)18-10-5-2-6-11-18/h1,3-4,8-9,13-14,16,18,20,23-25H,2,5-7,10-12,15H2/t20-,23+,24-/m0/s1. The number of fused-ring (bicyclic) bond motifs is 3. The lowest BCUT2D eigenvalue weighted by molar-refractivity contribution is -0.0457. The topological polar surface area (TPSA) is 21.3 Å². The predicted octanol–water partition coefficient (Wildman–Crippen LogP) is 6.20. The molecule has 2 heterocycles. The Morgan fingerprint density at radius 2 is 1.65 bits per heavy atom. The number of nitrogens with one attached hydrogen (secondary N) is 1. The Bertz CT molecular complexity index is 750. The van der Waals surface area contributed by atoms with Gasteiger partial charge in [-0.15, -0.1) is 0 Å². The molecule has 2 aromatic carbocycles. The van der Waals surface area contributed by atoms with Crippen molar-refractivity contribution < 1.29 is 4.74 Å². The number of rotatable bonds is 2. The normalized spacial score (nSPS) is 28.7. The van der Waals surface area contributed by atoms with Crippen LogP contribution in [0.4, 0.5) is 5.69 Å². The summed E-state index contributed by atoms with van der Waals surface area (Å²) in [6.07, 6.45) is 9.78. The summed E-state index contributed by atoms with van der Waals surface area (Å²) in [5.41, 5.74) is 5.28. The number of benzene rings is 2. The molecule has 1 N–H and O–H groups in total. The highest BCUT2D eigenvalue weighted by Gasteiger charge is 2.42. The van der Waals surface area contributed by atoms with Gasteiger partial charge in [0.05, 0.1) is 6.10 Å². The number of hydrogen-bond acceptors (Lipinski definition) is 2. The molecule has 0 radical (unpaired) electrons. The van der Waals surface area contributed by atoms with Crippen molar-refractivity contribution in [2.24, 2.45) is 11.8 Å². The Hall–Kier alpha value is -1.80. The molecule has 2 fully saturated rings. The van der Waals surface area contributed by atoms with Crippen molar-refractivity contribution in [2.45, 2.75) is 57.1 Å². The smallest absolute Gasteiger partial charge is 0.0892 e. The zero-order chi connectivity index (χ0) is 17.3. The molecule has 0 aromatic heterocycles. The highest BCUT2D eigenvalue weighted by molar-refractivity contribution is 5.70. The fraction of sp³-hybridized carbons (Fsp3) is 0.500. The molecule has 2 aromatic rings. The molecule has 2 aliphatic heterocycles. The van der Waals surface area contributed by atoms with Gasteiger partial charge in [0.2, 0.25) is 0 Å². The summed E-state index contributed by atoms with van der Waals surface area (Å²) >= 11 is 0. The maximum absolute atomic E-state index is 6.38. The minimum atomic E-state index is 0.274. The number of ether oxygens (including phenoxy) is 1. The molecule has 2 nitrogen and oxygen atoms in total. The highest BCUT2D eigenvalue weighted by atomic mass is 16.5. The molecule has 0 spiro atoms. The second-order valence-electron chi connectivity index (χ2n) is 8.33. The van der Waals surface area contributed by atoms with Crippen molar-refractivity contribution in [2.75, 3.05) is 11.9 Å². The van der Waals surface area contributed by atoms with E-state index < -0.39 is 0 Å². The summed E-state index contributed by atoms with van der Waals surface area (Å²) in [6, 6.07) is 18.2. The van der Waals surface area contributed by atoms with E-state index in [1.165, 1.54) is 67.3 Å². The van der Waals surface area contributed by atoms with Crippen molar-refractivity contribution in [3.8, 4) is 11.1 Å². The third kappa shape index (κ3) is 2.95. The second-order valence-corrected chi connectivity index (χ2v) is 8.33. The molecule has 2 heteroatoms. The zero-order valence-electron chi connectivity index (χ0n) is 15.5. The highest BCUT2D eigenvalue weighted by Crippen LogP contribution is 2.48. The monoisotopic (exact) mass is 347 g/mol. The molecule has 1 aliphatic carbocycles. The van der Waals surface area contributed by atoms with Crippen LogP contribution in [0.3, 0.4) is 0 Å². The SMILES string of the molecule is c1ccc(-c2ccc3c(c2)[C@H]2OCCC[C@H]2[C@@H](C2CCCCC2)N3)cc1. The average molecular weight is 348 g/mol. The van der Waals surface area contributed by atoms with Gasteiger partial charge in [0, 0.05) is 29.8 Å². The Balaban J connectivity index is 1.51. The molecule has 0 bridgehead atoms. The molecule has 0 unspecified atom stereocenters. The Labute approximate surface area is 157 Å². The van der Waals surface area contributed by atoms with Gasteiger partial charge in [-0.05, 0) is 54.9 Å². The lowest BCUT2D eigenvalue weighted by atomic mass is 9.71. The molecule has 5 rings (SSSR count). The maximum Gasteiger partial charge on any atom is 0.0892 e. The van der Waals surface area contributed by atoms with Crippen LogP contribution < -0.4 is 5.32 Å². The van der Waals surface area contributed by atoms with E-state index in [0.29, 0.717) is 12.0 Å². The van der Waals surface area contributed by atoms with Crippen molar-refractivity contribution >= 4 is 5.69 Å². The van der Waals surface area contributed by atoms with E-state index in [1.807, 2.05) is 0 Å². The van der Waals surface area contributed by atoms with Gasteiger partial charge in [0.15, 0.2) is 0 Å². The van der Waals surface area contributed by atoms with Gasteiger partial charge in [-0.3, -0.25) is 0 Å². The van der Waals surface area contributed by atoms with Gasteiger partial charge in [0.25, 0.3) is 0 Å². The van der Waals surface area contributed by atoms with E-state index in [9.17, 15) is 0 Å². The fourth-order valence-electron chi connectivity index (χ4n) is 5.48. The number of hydrogen-bond donors (Lipinski definition) is 1. The summed E-state index contributed by atoms with van der Waals surface area (Å²) in [4.78, 5) is 0. The average Bonchev–Trinajstić information content (AvgIpc) is 2.74. The minimum absolute atomic E-state index is 0.274. The molecular formula is C24H29NO. The summed E-state index contributed by atoms with van der Waals surface area (Å²) in [5.74, 6) is 1.45. The van der Waals surface area contributed by atoms with Crippen LogP contribution in [-0.4, -0.2) is 12.6 Å². The second kappa shape index (κ2) is 7.08. The lowest BCUT2D eigenvalue weighted by Crippen LogP contribution is -2.46. The van der Waals surface area contributed by atoms with E-state index >= 15 is 0 Å². The molecule has 1 saturated heterocycles. The Kier molecular flexibility index (Phi) is 4.46. The van der Waals surface area contributed by atoms with Crippen LogP contribution in [0.2, 0.25) is 0 Å². The van der Waals surface area contributed by atoms with Gasteiger partial charge >= 0.3 is 0 Å². The minimum Gasteiger partial charge on any atom is -0.381 e. The molecular weight excluding hydrogens is 318 g/mol. The van der Waals surface area contributed by atoms with Gasteiger partial charge in [-0.1, -0.05) is 55.7 Å². The predicted molar refractivity (Wildman–Crippen MR) is 107 cm³/mol. The van der Waals surface area contributed by atoms with Crippen LogP contribution in [0.5, 0.6) is 0 Å². The first-order chi connectivity index (χ1) is 12.9. The van der Waals surface area contributed by atoms with E-state index in [-0.39, 0.29) is 6.10 Å². The van der Waals surface area contributed by atoms with Crippen LogP contribution in [0, 0.1) is 11.8 Å². The number of anilines is 1. The van der Waals surface area contributed by atoms with E-state index in [4.69, 9.17) is 4.74 Å². The first-order valence-corrected chi connectivity index (χ1v) is 10.5. The van der Waals surface area contributed by atoms with Crippen LogP contribution in [-0.2, 0) is 4.74 Å². The summed E-state index contributed by atoms with van der Waals surface area (Å²) < 4.78 is 6.38. The lowest BCUT2D eigenvalue weighted by Gasteiger charge is -2.47. The Morgan fingerprint density at radius 1 is 0.808 bits per heavy atom. The molecule has 0 amide bonds. The van der Waals surface area contributed by atoms with Gasteiger partial charge < -0.3 is 10.1 Å². The summed E-state index contributed by atoms with van der Waals surface area (Å²) in [7, 11) is 0. The van der Waals surface area contributed by atoms with Crippen molar-refractivity contribution in [3.63, 3.8) is 0 Å². The van der Waals surface area contributed by atoms with Crippen LogP contribution >= 0.6 is 0 Å². The molecule has 26 heavy (non-hydrogen) atoms. The third-order valence-electron chi connectivity index (χ3n) is 6.77. The quantitative estimate of drug-likeness (QED) is 0.699. The largest absolute Gasteiger partial charge is 0.381 e. The Morgan fingerprint density at radius 3 is 2.50 bits per heavy atom. The van der Waals surface area contributed by atoms with Gasteiger partial charge in [-0.25, -0.2) is 0 Å². The molecule has 3 atom stereocenters. The van der Waals surface area contributed by atoms with E-state index in [2.05, 4.69) is 53.8 Å². The van der Waals surface area contributed by atoms with E-state index in [1.54, 1.807) is 0 Å². The first-order valence-electron chi connectivity index (χ1n) is 10.5. The zero-order valence-corrected chi connectivity index (χ0v) is 15.5. The molecule has 3 aliphatic rings.